The van der Waals surface area contributed by atoms with Gasteiger partial charge in [0.25, 0.3) is 0 Å². The third kappa shape index (κ3) is 9.11. The van der Waals surface area contributed by atoms with Crippen molar-refractivity contribution in [1.82, 2.24) is 20.0 Å². The first-order chi connectivity index (χ1) is 15.2. The molecular weight excluding hydrogens is 394 g/mol. The lowest BCUT2D eigenvalue weighted by atomic mass is 9.89. The molecule has 3 aliphatic rings. The number of aliphatic imine (C=N–C) groups is 1. The predicted molar refractivity (Wildman–Crippen MR) is 140 cm³/mol. The molecule has 0 aromatic carbocycles. The summed E-state index contributed by atoms with van der Waals surface area (Å²) in [4.78, 5) is 12.0. The van der Waals surface area contributed by atoms with Crippen molar-refractivity contribution < 1.29 is 0 Å². The van der Waals surface area contributed by atoms with Crippen molar-refractivity contribution in [2.75, 3.05) is 58.9 Å². The van der Waals surface area contributed by atoms with Crippen molar-refractivity contribution >= 4 is 5.71 Å². The van der Waals surface area contributed by atoms with Crippen LogP contribution in [0, 0.1) is 5.41 Å². The van der Waals surface area contributed by atoms with Crippen molar-refractivity contribution in [3.8, 4) is 0 Å². The van der Waals surface area contributed by atoms with Gasteiger partial charge in [0.2, 0.25) is 0 Å². The zero-order valence-electron chi connectivity index (χ0n) is 22.0. The number of rotatable bonds is 6. The summed E-state index contributed by atoms with van der Waals surface area (Å²) < 4.78 is 0. The lowest BCUT2D eigenvalue weighted by Crippen LogP contribution is -2.48. The molecule has 0 atom stereocenters. The van der Waals surface area contributed by atoms with E-state index >= 15 is 0 Å². The van der Waals surface area contributed by atoms with Gasteiger partial charge in [0.15, 0.2) is 0 Å². The van der Waals surface area contributed by atoms with Crippen LogP contribution in [-0.4, -0.2) is 79.3 Å². The normalized spacial score (nSPS) is 20.8. The van der Waals surface area contributed by atoms with Crippen LogP contribution in [0.1, 0.15) is 67.7 Å². The lowest BCUT2D eigenvalue weighted by Gasteiger charge is -2.40. The third-order valence-corrected chi connectivity index (χ3v) is 6.67. The summed E-state index contributed by atoms with van der Waals surface area (Å²) in [6.07, 6.45) is 10.6. The Morgan fingerprint density at radius 2 is 1.75 bits per heavy atom. The largest absolute Gasteiger partial charge is 0.369 e. The molecule has 32 heavy (non-hydrogen) atoms. The van der Waals surface area contributed by atoms with Gasteiger partial charge in [0.1, 0.15) is 5.82 Å². The van der Waals surface area contributed by atoms with E-state index in [9.17, 15) is 0 Å². The first kappa shape index (κ1) is 26.7. The highest BCUT2D eigenvalue weighted by atomic mass is 15.3. The summed E-state index contributed by atoms with van der Waals surface area (Å²) in [5.74, 6) is 1.11. The Hall–Kier alpha value is -1.59. The molecule has 0 unspecified atom stereocenters. The van der Waals surface area contributed by atoms with E-state index in [1.807, 2.05) is 20.8 Å². The highest BCUT2D eigenvalue weighted by Gasteiger charge is 2.24. The Balaban J connectivity index is 0.000000244. The second kappa shape index (κ2) is 13.2. The van der Waals surface area contributed by atoms with E-state index in [0.29, 0.717) is 5.41 Å². The molecule has 0 radical (unpaired) electrons. The molecule has 0 aromatic rings. The fraction of sp³-hybridized carbons (Fsp3) is 0.741. The van der Waals surface area contributed by atoms with Crippen LogP contribution in [0.5, 0.6) is 0 Å². The fourth-order valence-electron chi connectivity index (χ4n) is 4.37. The van der Waals surface area contributed by atoms with Gasteiger partial charge < -0.3 is 15.1 Å². The monoisotopic (exact) mass is 443 g/mol. The van der Waals surface area contributed by atoms with Gasteiger partial charge in [0, 0.05) is 70.3 Å². The van der Waals surface area contributed by atoms with Gasteiger partial charge in [-0.3, -0.25) is 4.90 Å². The van der Waals surface area contributed by atoms with Crippen molar-refractivity contribution in [2.24, 2.45) is 10.4 Å². The van der Waals surface area contributed by atoms with Gasteiger partial charge in [-0.25, -0.2) is 4.99 Å². The molecule has 3 rings (SSSR count). The van der Waals surface area contributed by atoms with Crippen LogP contribution in [0.3, 0.4) is 0 Å². The number of piperazine rings is 2. The summed E-state index contributed by atoms with van der Waals surface area (Å²) >= 11 is 0. The average Bonchev–Trinajstić information content (AvgIpc) is 2.78. The van der Waals surface area contributed by atoms with E-state index in [0.717, 1.165) is 37.7 Å². The van der Waals surface area contributed by atoms with Gasteiger partial charge in [-0.1, -0.05) is 32.4 Å². The molecule has 0 saturated carbocycles. The van der Waals surface area contributed by atoms with Gasteiger partial charge in [-0.15, -0.1) is 0 Å². The molecule has 2 saturated heterocycles. The van der Waals surface area contributed by atoms with E-state index in [2.05, 4.69) is 70.9 Å². The van der Waals surface area contributed by atoms with E-state index in [1.165, 1.54) is 63.3 Å². The highest BCUT2D eigenvalue weighted by Crippen LogP contribution is 2.24. The van der Waals surface area contributed by atoms with Gasteiger partial charge in [0.05, 0.1) is 0 Å². The molecule has 2 heterocycles. The molecule has 0 bridgehead atoms. The van der Waals surface area contributed by atoms with E-state index < -0.39 is 0 Å². The summed E-state index contributed by atoms with van der Waals surface area (Å²) in [5.41, 5.74) is 4.58. The van der Waals surface area contributed by atoms with Gasteiger partial charge in [-0.2, -0.15) is 0 Å². The summed E-state index contributed by atoms with van der Waals surface area (Å²) in [5, 5.41) is 3.33. The minimum absolute atomic E-state index is 0.461. The van der Waals surface area contributed by atoms with Gasteiger partial charge >= 0.3 is 0 Å². The van der Waals surface area contributed by atoms with Crippen LogP contribution < -0.4 is 5.32 Å². The summed E-state index contributed by atoms with van der Waals surface area (Å²) in [7, 11) is 0. The Kier molecular flexibility index (Phi) is 11.0. The zero-order chi connectivity index (χ0) is 23.6. The number of allylic oxidation sites excluding steroid dienone is 4. The summed E-state index contributed by atoms with van der Waals surface area (Å²) in [6.45, 7) is 25.8. The Labute approximate surface area is 198 Å². The topological polar surface area (TPSA) is 34.1 Å². The minimum Gasteiger partial charge on any atom is -0.369 e. The number of nitrogens with zero attached hydrogens (tertiary/aromatic N) is 4. The van der Waals surface area contributed by atoms with Crippen LogP contribution in [0.15, 0.2) is 40.3 Å². The Morgan fingerprint density at radius 1 is 1.09 bits per heavy atom. The SMILES string of the molecule is C/C=C(\N=C(C)C)N1CCNCC1.CCC(C)(C)CN1CCN(C2=CCCC(C)=C2)CC1. The van der Waals surface area contributed by atoms with Crippen LogP contribution in [0.4, 0.5) is 0 Å². The Bertz CT molecular complexity index is 683. The van der Waals surface area contributed by atoms with Crippen molar-refractivity contribution in [3.63, 3.8) is 0 Å². The molecule has 0 amide bonds. The quantitative estimate of drug-likeness (QED) is 0.592. The number of hydrogen-bond acceptors (Lipinski definition) is 5. The standard InChI is InChI=1S/C17H30N2.C10H19N3/c1-5-17(3,4)14-18-9-11-19(12-10-18)16-8-6-7-15(2)13-16;1-4-10(12-9(2)3)13-7-5-11-6-8-13/h8,13H,5-7,9-12,14H2,1-4H3;4,11H,5-8H2,1-3H3/b;10-4+. The first-order valence-corrected chi connectivity index (χ1v) is 12.7. The molecule has 2 aliphatic heterocycles. The van der Waals surface area contributed by atoms with E-state index in [-0.39, 0.29) is 0 Å². The fourth-order valence-corrected chi connectivity index (χ4v) is 4.37. The molecule has 0 spiro atoms. The minimum atomic E-state index is 0.461. The first-order valence-electron chi connectivity index (χ1n) is 12.7. The maximum atomic E-state index is 4.50. The highest BCUT2D eigenvalue weighted by molar-refractivity contribution is 5.80. The zero-order valence-corrected chi connectivity index (χ0v) is 22.0. The van der Waals surface area contributed by atoms with Crippen LogP contribution >= 0.6 is 0 Å². The van der Waals surface area contributed by atoms with Crippen LogP contribution in [0.25, 0.3) is 0 Å². The molecule has 5 heteroatoms. The molecule has 1 N–H and O–H groups in total. The Morgan fingerprint density at radius 3 is 2.28 bits per heavy atom. The number of nitrogens with one attached hydrogen (secondary N) is 1. The van der Waals surface area contributed by atoms with Crippen LogP contribution in [-0.2, 0) is 0 Å². The second-order valence-corrected chi connectivity index (χ2v) is 10.4. The molecule has 2 fully saturated rings. The number of hydrogen-bond donors (Lipinski definition) is 1. The molecule has 182 valence electrons. The van der Waals surface area contributed by atoms with Crippen LogP contribution in [0.2, 0.25) is 0 Å². The van der Waals surface area contributed by atoms with E-state index in [4.69, 9.17) is 0 Å². The van der Waals surface area contributed by atoms with Gasteiger partial charge in [-0.05, 0) is 64.5 Å². The third-order valence-electron chi connectivity index (χ3n) is 6.67. The molecular formula is C27H49N5. The maximum absolute atomic E-state index is 4.50. The average molecular weight is 444 g/mol. The second-order valence-electron chi connectivity index (χ2n) is 10.4. The predicted octanol–water partition coefficient (Wildman–Crippen LogP) is 4.90. The van der Waals surface area contributed by atoms with Crippen molar-refractivity contribution in [3.05, 3.63) is 35.3 Å². The smallest absolute Gasteiger partial charge is 0.124 e. The maximum Gasteiger partial charge on any atom is 0.124 e. The van der Waals surface area contributed by atoms with Crippen molar-refractivity contribution in [2.45, 2.75) is 67.7 Å². The summed E-state index contributed by atoms with van der Waals surface area (Å²) in [6, 6.07) is 0. The van der Waals surface area contributed by atoms with E-state index in [1.54, 1.807) is 0 Å². The molecule has 1 aliphatic carbocycles. The lowest BCUT2D eigenvalue weighted by molar-refractivity contribution is 0.113. The molecule has 5 nitrogen and oxygen atoms in total. The molecule has 0 aromatic heterocycles. The van der Waals surface area contributed by atoms with Crippen molar-refractivity contribution in [1.29, 1.82) is 0 Å².